The first-order chi connectivity index (χ1) is 23.3. The minimum Gasteiger partial charge on any atom is -0.352 e. The molecule has 2 aliphatic heterocycles. The number of anilines is 1. The van der Waals surface area contributed by atoms with Crippen LogP contribution in [0.15, 0.2) is 18.1 Å². The van der Waals surface area contributed by atoms with E-state index in [4.69, 9.17) is 8.49 Å². The average molecular weight is 664 g/mol. The van der Waals surface area contributed by atoms with Crippen molar-refractivity contribution in [2.45, 2.75) is 107 Å². The summed E-state index contributed by atoms with van der Waals surface area (Å²) in [6.45, 7) is 26.7. The summed E-state index contributed by atoms with van der Waals surface area (Å²) < 4.78 is 31.0. The molecule has 3 saturated carbocycles. The molecule has 6 nitrogen and oxygen atoms in total. The van der Waals surface area contributed by atoms with Crippen molar-refractivity contribution >= 4 is 39.3 Å². The molecular formula is C40H60N4O2S. The van der Waals surface area contributed by atoms with Crippen LogP contribution < -0.4 is 4.90 Å². The highest BCUT2D eigenvalue weighted by Gasteiger charge is 2.73. The standard InChI is InChI=1S/C40H60N4O2S/c1-20-14-13-15-29-30(20)36(41-47-29)43-18-22(3)42(12)28(19-43)25(6)27-17-16-21(2)39(8,9)35(27)26(7)44-37(45)31-32(38(44)46)34-24(5)23(4)33(31)40(34,10)11/h13-15,21-28,31-35H,16-19H2,1-12H3/t21?,22?,23?,24?,25?,26?,27-,28-,31-,32+,33+,34?,35-/m0/s1/i13D,14D,15D. The molecule has 2 aromatic rings. The third kappa shape index (κ3) is 4.60. The molecule has 2 saturated heterocycles. The molecule has 5 aliphatic rings. The van der Waals surface area contributed by atoms with Gasteiger partial charge in [-0.2, -0.15) is 4.37 Å². The molecule has 1 aromatic carbocycles. The molecule has 13 atom stereocenters. The molecule has 3 heterocycles. The van der Waals surface area contributed by atoms with Gasteiger partial charge in [0.25, 0.3) is 0 Å². The van der Waals surface area contributed by atoms with E-state index in [1.165, 1.54) is 11.5 Å². The van der Waals surface area contributed by atoms with Gasteiger partial charge in [0.1, 0.15) is 0 Å². The van der Waals surface area contributed by atoms with E-state index in [-0.39, 0.29) is 94.4 Å². The molecule has 47 heavy (non-hydrogen) atoms. The molecule has 7 heteroatoms. The van der Waals surface area contributed by atoms with Crippen LogP contribution in [0.5, 0.6) is 0 Å². The van der Waals surface area contributed by atoms with E-state index in [1.54, 1.807) is 4.90 Å². The van der Waals surface area contributed by atoms with Crippen LogP contribution >= 0.6 is 11.5 Å². The summed E-state index contributed by atoms with van der Waals surface area (Å²) in [6.07, 6.45) is 2.20. The van der Waals surface area contributed by atoms with E-state index in [9.17, 15) is 9.59 Å². The van der Waals surface area contributed by atoms with E-state index in [0.717, 1.165) is 42.7 Å². The molecule has 7 rings (SSSR count). The number of hydrogen-bond acceptors (Lipinski definition) is 6. The van der Waals surface area contributed by atoms with Crippen molar-refractivity contribution < 1.29 is 13.7 Å². The normalized spacial score (nSPS) is 42.0. The fraction of sp³-hybridized carbons (Fsp3) is 0.775. The van der Waals surface area contributed by atoms with Gasteiger partial charge < -0.3 is 4.90 Å². The van der Waals surface area contributed by atoms with Crippen LogP contribution in [0, 0.1) is 76.9 Å². The topological polar surface area (TPSA) is 56.8 Å². The van der Waals surface area contributed by atoms with Gasteiger partial charge in [0.05, 0.1) is 20.6 Å². The van der Waals surface area contributed by atoms with Crippen molar-refractivity contribution in [1.82, 2.24) is 14.2 Å². The lowest BCUT2D eigenvalue weighted by atomic mass is 9.53. The number of piperazine rings is 1. The summed E-state index contributed by atoms with van der Waals surface area (Å²) in [4.78, 5) is 35.9. The third-order valence-electron chi connectivity index (χ3n) is 15.5. The lowest BCUT2D eigenvalue weighted by molar-refractivity contribution is -0.150. The van der Waals surface area contributed by atoms with Gasteiger partial charge in [0.15, 0.2) is 5.82 Å². The van der Waals surface area contributed by atoms with Crippen LogP contribution in [-0.2, 0) is 9.59 Å². The third-order valence-corrected chi connectivity index (χ3v) is 16.3. The van der Waals surface area contributed by atoms with Gasteiger partial charge in [-0.3, -0.25) is 19.4 Å². The number of hydrogen-bond donors (Lipinski definition) is 0. The van der Waals surface area contributed by atoms with E-state index < -0.39 is 0 Å². The number of aromatic nitrogens is 1. The largest absolute Gasteiger partial charge is 0.352 e. The first kappa shape index (κ1) is 29.9. The Morgan fingerprint density at radius 3 is 2.17 bits per heavy atom. The van der Waals surface area contributed by atoms with Crippen molar-refractivity contribution in [1.29, 1.82) is 0 Å². The predicted octanol–water partition coefficient (Wildman–Crippen LogP) is 7.99. The molecule has 7 unspecified atom stereocenters. The second-order valence-corrected chi connectivity index (χ2v) is 18.7. The Balaban J connectivity index is 1.21. The summed E-state index contributed by atoms with van der Waals surface area (Å²) in [5, 5.41) is 0.848. The molecule has 0 spiro atoms. The zero-order chi connectivity index (χ0) is 36.7. The molecule has 3 aliphatic carbocycles. The number of amides is 2. The van der Waals surface area contributed by atoms with Crippen molar-refractivity contribution in [3.8, 4) is 0 Å². The number of imide groups is 1. The van der Waals surface area contributed by atoms with Crippen LogP contribution in [0.4, 0.5) is 5.82 Å². The number of likely N-dealkylation sites (tertiary alicyclic amines) is 1. The van der Waals surface area contributed by atoms with Crippen molar-refractivity contribution in [2.75, 3.05) is 25.0 Å². The van der Waals surface area contributed by atoms with Crippen LogP contribution in [0.3, 0.4) is 0 Å². The van der Waals surface area contributed by atoms with Gasteiger partial charge in [-0.15, -0.1) is 0 Å². The maximum Gasteiger partial charge on any atom is 0.233 e. The monoisotopic (exact) mass is 663 g/mol. The Hall–Kier alpha value is -1.99. The summed E-state index contributed by atoms with van der Waals surface area (Å²) in [5.74, 6) is 3.36. The van der Waals surface area contributed by atoms with Gasteiger partial charge in [-0.1, -0.05) is 67.5 Å². The lowest BCUT2D eigenvalue weighted by Crippen LogP contribution is -2.62. The Kier molecular flexibility index (Phi) is 7.16. The zero-order valence-electron chi connectivity index (χ0n) is 33.8. The first-order valence-electron chi connectivity index (χ1n) is 20.0. The molecular weight excluding hydrogens is 601 g/mol. The summed E-state index contributed by atoms with van der Waals surface area (Å²) >= 11 is 1.28. The molecule has 2 bridgehead atoms. The fourth-order valence-electron chi connectivity index (χ4n) is 12.7. The van der Waals surface area contributed by atoms with Crippen molar-refractivity contribution in [3.63, 3.8) is 0 Å². The number of likely N-dealkylation sites (N-methyl/N-ethyl adjacent to an activating group) is 1. The predicted molar refractivity (Wildman–Crippen MR) is 193 cm³/mol. The van der Waals surface area contributed by atoms with Gasteiger partial charge in [-0.25, -0.2) is 0 Å². The molecule has 5 fully saturated rings. The second kappa shape index (κ2) is 11.3. The number of fused-ring (bicyclic) bond motifs is 6. The summed E-state index contributed by atoms with van der Waals surface area (Å²) in [7, 11) is 2.24. The van der Waals surface area contributed by atoms with Gasteiger partial charge in [0.2, 0.25) is 11.8 Å². The Morgan fingerprint density at radius 2 is 1.55 bits per heavy atom. The Labute approximate surface area is 292 Å². The summed E-state index contributed by atoms with van der Waals surface area (Å²) in [6, 6.07) is 0.474. The van der Waals surface area contributed by atoms with E-state index in [1.807, 2.05) is 6.92 Å². The number of benzene rings is 1. The summed E-state index contributed by atoms with van der Waals surface area (Å²) in [5.41, 5.74) is 0.675. The number of carbonyl (C=O) groups excluding carboxylic acids is 2. The molecule has 2 amide bonds. The van der Waals surface area contributed by atoms with E-state index in [0.29, 0.717) is 28.4 Å². The molecule has 1 aromatic heterocycles. The Bertz CT molecular complexity index is 1690. The SMILES string of the molecule is [2H]c1c([2H])c(C)c2c(N3CC(C)N(C)[C@H](C(C)[C@@H]4CCC(C)C(C)(C)[C@H]4C(C)N4C(=O)[C@@H]5[C@H]6C(C)C(C)C([C@@H]5C4=O)C6(C)C)C3)nsc2c1[2H]. The maximum absolute atomic E-state index is 14.6. The number of rotatable bonds is 5. The smallest absolute Gasteiger partial charge is 0.233 e. The highest BCUT2D eigenvalue weighted by Crippen LogP contribution is 2.70. The fourth-order valence-corrected chi connectivity index (χ4v) is 13.5. The number of carbonyl (C=O) groups is 2. The average Bonchev–Trinajstić information content (AvgIpc) is 3.72. The van der Waals surface area contributed by atoms with Crippen LogP contribution in [-0.4, -0.2) is 64.3 Å². The first-order valence-corrected chi connectivity index (χ1v) is 19.2. The molecule has 0 N–H and O–H groups in total. The maximum atomic E-state index is 14.6. The minimum atomic E-state index is -0.175. The van der Waals surface area contributed by atoms with E-state index >= 15 is 0 Å². The van der Waals surface area contributed by atoms with Crippen LogP contribution in [0.2, 0.25) is 0 Å². The highest BCUT2D eigenvalue weighted by atomic mass is 32.1. The van der Waals surface area contributed by atoms with Gasteiger partial charge >= 0.3 is 0 Å². The van der Waals surface area contributed by atoms with Crippen LogP contribution in [0.25, 0.3) is 10.1 Å². The molecule has 0 radical (unpaired) electrons. The second-order valence-electron chi connectivity index (χ2n) is 18.0. The van der Waals surface area contributed by atoms with Gasteiger partial charge in [0, 0.05) is 36.6 Å². The number of nitrogens with zero attached hydrogens (tertiary/aromatic N) is 4. The van der Waals surface area contributed by atoms with E-state index in [2.05, 4.69) is 86.1 Å². The Morgan fingerprint density at radius 1 is 0.936 bits per heavy atom. The highest BCUT2D eigenvalue weighted by molar-refractivity contribution is 7.13. The van der Waals surface area contributed by atoms with Gasteiger partial charge in [-0.05, 0) is 122 Å². The minimum absolute atomic E-state index is 0.00770. The lowest BCUT2D eigenvalue weighted by Gasteiger charge is -2.56. The zero-order valence-corrected chi connectivity index (χ0v) is 31.7. The molecule has 258 valence electrons. The van der Waals surface area contributed by atoms with Crippen molar-refractivity contribution in [3.05, 3.63) is 23.7 Å². The van der Waals surface area contributed by atoms with Crippen LogP contribution in [0.1, 0.15) is 91.8 Å². The number of aryl methyl sites for hydroxylation is 1. The quantitative estimate of drug-likeness (QED) is 0.304. The van der Waals surface area contributed by atoms with Crippen molar-refractivity contribution in [2.24, 2.45) is 70.0 Å².